The molecule has 6 heteroatoms. The maximum Gasteiger partial charge on any atom is 0.323 e. The van der Waals surface area contributed by atoms with Gasteiger partial charge in [-0.3, -0.25) is 14.5 Å². The summed E-state index contributed by atoms with van der Waals surface area (Å²) in [7, 11) is 0. The Morgan fingerprint density at radius 3 is 2.52 bits per heavy atom. The van der Waals surface area contributed by atoms with Gasteiger partial charge < -0.3 is 10.8 Å². The van der Waals surface area contributed by atoms with Gasteiger partial charge in [0.25, 0.3) is 0 Å². The van der Waals surface area contributed by atoms with Gasteiger partial charge in [0, 0.05) is 10.7 Å². The van der Waals surface area contributed by atoms with Crippen LogP contribution in [0.4, 0.5) is 5.69 Å². The number of nitrogens with zero attached hydrogens (tertiary/aromatic N) is 1. The van der Waals surface area contributed by atoms with Crippen molar-refractivity contribution in [1.29, 1.82) is 0 Å². The van der Waals surface area contributed by atoms with Gasteiger partial charge in [0.2, 0.25) is 5.91 Å². The van der Waals surface area contributed by atoms with Crippen LogP contribution >= 0.6 is 11.6 Å². The second-order valence-corrected chi connectivity index (χ2v) is 5.92. The Kier molecular flexibility index (Phi) is 4.85. The normalized spacial score (nSPS) is 17.2. The second-order valence-electron chi connectivity index (χ2n) is 5.48. The fourth-order valence-electron chi connectivity index (χ4n) is 2.72. The molecule has 1 fully saturated rings. The van der Waals surface area contributed by atoms with E-state index in [1.165, 1.54) is 4.90 Å². The summed E-state index contributed by atoms with van der Waals surface area (Å²) < 4.78 is 0. The lowest BCUT2D eigenvalue weighted by molar-refractivity contribution is -0.137. The number of amides is 1. The molecule has 1 saturated carbocycles. The first-order valence-corrected chi connectivity index (χ1v) is 7.38. The van der Waals surface area contributed by atoms with Crippen LogP contribution in [0.3, 0.4) is 0 Å². The molecule has 0 atom stereocenters. The molecule has 5 nitrogen and oxygen atoms in total. The fraction of sp³-hybridized carbons (Fsp3) is 0.467. The van der Waals surface area contributed by atoms with E-state index in [2.05, 4.69) is 0 Å². The number of carboxylic acid groups (broad SMARTS) is 1. The molecule has 0 saturated heterocycles. The lowest BCUT2D eigenvalue weighted by Gasteiger charge is -2.36. The molecule has 0 radical (unpaired) electrons. The van der Waals surface area contributed by atoms with Crippen LogP contribution in [-0.4, -0.2) is 29.1 Å². The van der Waals surface area contributed by atoms with Crippen LogP contribution in [0.25, 0.3) is 0 Å². The fourth-order valence-corrected chi connectivity index (χ4v) is 2.91. The van der Waals surface area contributed by atoms with Crippen molar-refractivity contribution in [2.45, 2.75) is 37.6 Å². The second kappa shape index (κ2) is 6.45. The first-order valence-electron chi connectivity index (χ1n) is 7.00. The lowest BCUT2D eigenvalue weighted by Crippen LogP contribution is -2.57. The van der Waals surface area contributed by atoms with E-state index >= 15 is 0 Å². The number of aliphatic carboxylic acids is 1. The topological polar surface area (TPSA) is 83.6 Å². The van der Waals surface area contributed by atoms with Crippen molar-refractivity contribution < 1.29 is 14.7 Å². The summed E-state index contributed by atoms with van der Waals surface area (Å²) in [6.45, 7) is -0.419. The molecule has 1 amide bonds. The Morgan fingerprint density at radius 1 is 1.29 bits per heavy atom. The number of carbonyl (C=O) groups excluding carboxylic acids is 1. The maximum absolute atomic E-state index is 12.8. The first-order chi connectivity index (χ1) is 9.92. The third kappa shape index (κ3) is 3.74. The summed E-state index contributed by atoms with van der Waals surface area (Å²) >= 11 is 5.93. The van der Waals surface area contributed by atoms with Gasteiger partial charge in [-0.05, 0) is 31.0 Å². The van der Waals surface area contributed by atoms with Crippen LogP contribution in [0.1, 0.15) is 32.1 Å². The highest BCUT2D eigenvalue weighted by Gasteiger charge is 2.39. The van der Waals surface area contributed by atoms with Crippen LogP contribution in [0.5, 0.6) is 0 Å². The van der Waals surface area contributed by atoms with Gasteiger partial charge in [0.1, 0.15) is 6.54 Å². The molecule has 114 valence electrons. The van der Waals surface area contributed by atoms with E-state index in [4.69, 9.17) is 22.4 Å². The Morgan fingerprint density at radius 2 is 1.95 bits per heavy atom. The van der Waals surface area contributed by atoms with Crippen molar-refractivity contribution in [2.75, 3.05) is 11.4 Å². The van der Waals surface area contributed by atoms with E-state index in [1.54, 1.807) is 24.3 Å². The number of nitrogens with two attached hydrogens (primary N) is 1. The summed E-state index contributed by atoms with van der Waals surface area (Å²) in [6.07, 6.45) is 4.00. The Balaban J connectivity index is 2.31. The predicted molar refractivity (Wildman–Crippen MR) is 81.4 cm³/mol. The summed E-state index contributed by atoms with van der Waals surface area (Å²) in [5.74, 6) is -1.42. The minimum absolute atomic E-state index is 0.341. The average Bonchev–Trinajstić information content (AvgIpc) is 2.44. The molecular weight excluding hydrogens is 292 g/mol. The van der Waals surface area contributed by atoms with E-state index in [0.29, 0.717) is 23.6 Å². The smallest absolute Gasteiger partial charge is 0.323 e. The van der Waals surface area contributed by atoms with Crippen molar-refractivity contribution in [3.63, 3.8) is 0 Å². The van der Waals surface area contributed by atoms with E-state index in [1.807, 2.05) is 0 Å². The summed E-state index contributed by atoms with van der Waals surface area (Å²) in [5.41, 5.74) is 5.72. The van der Waals surface area contributed by atoms with Crippen molar-refractivity contribution in [1.82, 2.24) is 0 Å². The molecule has 0 unspecified atom stereocenters. The van der Waals surface area contributed by atoms with Crippen LogP contribution in [-0.2, 0) is 9.59 Å². The van der Waals surface area contributed by atoms with E-state index in [-0.39, 0.29) is 5.91 Å². The zero-order chi connectivity index (χ0) is 15.5. The molecule has 1 aromatic rings. The zero-order valence-corrected chi connectivity index (χ0v) is 12.5. The minimum Gasteiger partial charge on any atom is -0.480 e. The van der Waals surface area contributed by atoms with Gasteiger partial charge in [0.15, 0.2) is 0 Å². The van der Waals surface area contributed by atoms with Crippen molar-refractivity contribution in [3.05, 3.63) is 29.3 Å². The Bertz CT molecular complexity index is 541. The van der Waals surface area contributed by atoms with Crippen molar-refractivity contribution in [3.8, 4) is 0 Å². The summed E-state index contributed by atoms with van der Waals surface area (Å²) in [4.78, 5) is 25.1. The van der Waals surface area contributed by atoms with Crippen LogP contribution in [0, 0.1) is 0 Å². The third-order valence-electron chi connectivity index (χ3n) is 3.83. The quantitative estimate of drug-likeness (QED) is 0.894. The summed E-state index contributed by atoms with van der Waals surface area (Å²) in [6, 6.07) is 6.60. The number of anilines is 1. The molecule has 21 heavy (non-hydrogen) atoms. The lowest BCUT2D eigenvalue weighted by atomic mass is 9.81. The number of rotatable bonds is 4. The molecular formula is C15H19ClN2O3. The molecule has 2 rings (SSSR count). The number of hydrogen-bond donors (Lipinski definition) is 2. The molecule has 0 aliphatic heterocycles. The molecule has 3 N–H and O–H groups in total. The molecule has 0 bridgehead atoms. The summed E-state index contributed by atoms with van der Waals surface area (Å²) in [5, 5.41) is 9.53. The average molecular weight is 311 g/mol. The van der Waals surface area contributed by atoms with E-state index in [0.717, 1.165) is 19.3 Å². The predicted octanol–water partition coefficient (Wildman–Crippen LogP) is 2.42. The number of hydrogen-bond acceptors (Lipinski definition) is 3. The van der Waals surface area contributed by atoms with Crippen LogP contribution in [0.2, 0.25) is 5.02 Å². The van der Waals surface area contributed by atoms with Gasteiger partial charge >= 0.3 is 5.97 Å². The molecule has 1 aliphatic rings. The van der Waals surface area contributed by atoms with Crippen LogP contribution in [0.15, 0.2) is 24.3 Å². The van der Waals surface area contributed by atoms with E-state index in [9.17, 15) is 9.59 Å². The van der Waals surface area contributed by atoms with Crippen molar-refractivity contribution in [2.24, 2.45) is 5.73 Å². The van der Waals surface area contributed by atoms with Gasteiger partial charge in [-0.1, -0.05) is 36.9 Å². The van der Waals surface area contributed by atoms with Gasteiger partial charge in [-0.15, -0.1) is 0 Å². The van der Waals surface area contributed by atoms with E-state index < -0.39 is 18.1 Å². The third-order valence-corrected chi connectivity index (χ3v) is 4.07. The SMILES string of the molecule is NC1(C(=O)N(CC(=O)O)c2cccc(Cl)c2)CCCCC1. The van der Waals surface area contributed by atoms with Gasteiger partial charge in [-0.2, -0.15) is 0 Å². The molecule has 1 aliphatic carbocycles. The highest BCUT2D eigenvalue weighted by molar-refractivity contribution is 6.31. The largest absolute Gasteiger partial charge is 0.480 e. The highest BCUT2D eigenvalue weighted by atomic mass is 35.5. The minimum atomic E-state index is -1.08. The molecule has 1 aromatic carbocycles. The first kappa shape index (κ1) is 15.8. The zero-order valence-electron chi connectivity index (χ0n) is 11.7. The standard InChI is InChI=1S/C15H19ClN2O3/c16-11-5-4-6-12(9-11)18(10-13(19)20)14(21)15(17)7-2-1-3-8-15/h4-6,9H,1-3,7-8,10,17H2,(H,19,20). The maximum atomic E-state index is 12.8. The number of carboxylic acids is 1. The number of benzene rings is 1. The van der Waals surface area contributed by atoms with Gasteiger partial charge in [0.05, 0.1) is 5.54 Å². The van der Waals surface area contributed by atoms with Crippen LogP contribution < -0.4 is 10.6 Å². The Labute approximate surface area is 128 Å². The molecule has 0 aromatic heterocycles. The van der Waals surface area contributed by atoms with Crippen molar-refractivity contribution >= 4 is 29.2 Å². The molecule has 0 spiro atoms. The monoisotopic (exact) mass is 310 g/mol. The van der Waals surface area contributed by atoms with Gasteiger partial charge in [-0.25, -0.2) is 0 Å². The Hall–Kier alpha value is -1.59. The number of halogens is 1. The molecule has 0 heterocycles. The highest BCUT2D eigenvalue weighted by Crippen LogP contribution is 2.30. The number of carbonyl (C=O) groups is 2.